The molecule has 12 N–H and O–H groups in total. The number of rotatable bonds is 15. The molecule has 4 amide bonds. The minimum absolute atomic E-state index is 0.0401. The number of hydrogen-bond acceptors (Lipinski definition) is 17. The second-order valence-electron chi connectivity index (χ2n) is 13.1. The number of nitrogens with zero attached hydrogens (tertiary/aromatic N) is 4. The highest BCUT2D eigenvalue weighted by atomic mass is 32.1. The van der Waals surface area contributed by atoms with Gasteiger partial charge in [-0.15, -0.1) is 11.3 Å². The lowest BCUT2D eigenvalue weighted by atomic mass is 9.98. The van der Waals surface area contributed by atoms with Crippen LogP contribution in [-0.2, 0) is 14.3 Å². The fourth-order valence-corrected chi connectivity index (χ4v) is 6.73. The van der Waals surface area contributed by atoms with Gasteiger partial charge in [0.1, 0.15) is 65.9 Å². The lowest BCUT2D eigenvalue weighted by molar-refractivity contribution is -0.251. The van der Waals surface area contributed by atoms with Crippen molar-refractivity contribution in [1.82, 2.24) is 24.3 Å². The second-order valence-corrected chi connectivity index (χ2v) is 14.0. The highest BCUT2D eigenvalue weighted by Crippen LogP contribution is 2.34. The van der Waals surface area contributed by atoms with Crippen LogP contribution in [0.1, 0.15) is 50.3 Å². The van der Waals surface area contributed by atoms with E-state index < -0.39 is 92.2 Å². The van der Waals surface area contributed by atoms with E-state index in [0.717, 1.165) is 20.5 Å². The van der Waals surface area contributed by atoms with Crippen LogP contribution in [0, 0.1) is 0 Å². The molecule has 2 saturated heterocycles. The summed E-state index contributed by atoms with van der Waals surface area (Å²) in [5.74, 6) is -2.36. The van der Waals surface area contributed by atoms with Gasteiger partial charge in [0.25, 0.3) is 17.7 Å². The van der Waals surface area contributed by atoms with Crippen LogP contribution < -0.4 is 21.3 Å². The molecule has 302 valence electrons. The summed E-state index contributed by atoms with van der Waals surface area (Å²) in [7, 11) is 3.72. The normalized spacial score (nSPS) is 28.1. The third-order valence-corrected chi connectivity index (χ3v) is 9.72. The fraction of sp³-hybridized carbons (Fsp3) is 0.531. The molecule has 0 radical (unpaired) electrons. The number of anilines is 3. The lowest BCUT2D eigenvalue weighted by Crippen LogP contribution is -2.56. The maximum atomic E-state index is 14.0. The van der Waals surface area contributed by atoms with E-state index in [2.05, 4.69) is 26.3 Å². The zero-order valence-electron chi connectivity index (χ0n) is 29.5. The van der Waals surface area contributed by atoms with E-state index in [-0.39, 0.29) is 40.1 Å². The van der Waals surface area contributed by atoms with Crippen LogP contribution in [-0.4, -0.2) is 173 Å². The summed E-state index contributed by atoms with van der Waals surface area (Å²) >= 11 is 0.969. The Balaban J connectivity index is 1.49. The number of amides is 4. The van der Waals surface area contributed by atoms with Gasteiger partial charge < -0.3 is 85.6 Å². The monoisotopic (exact) mass is 796 g/mol. The molecule has 2 aliphatic rings. The second kappa shape index (κ2) is 18.1. The fourth-order valence-electron chi connectivity index (χ4n) is 6.08. The van der Waals surface area contributed by atoms with Gasteiger partial charge in [-0.25, -0.2) is 4.98 Å². The summed E-state index contributed by atoms with van der Waals surface area (Å²) in [6, 6.07) is 2.41. The van der Waals surface area contributed by atoms with Crippen LogP contribution in [0.3, 0.4) is 0 Å². The Hall–Kier alpha value is -4.37. The molecule has 55 heavy (non-hydrogen) atoms. The molecule has 10 atom stereocenters. The van der Waals surface area contributed by atoms with Gasteiger partial charge in [0, 0.05) is 24.3 Å². The van der Waals surface area contributed by atoms with Crippen molar-refractivity contribution in [3.63, 3.8) is 0 Å². The van der Waals surface area contributed by atoms with Gasteiger partial charge in [-0.2, -0.15) is 0 Å². The van der Waals surface area contributed by atoms with Gasteiger partial charge in [0.2, 0.25) is 6.41 Å². The summed E-state index contributed by atoms with van der Waals surface area (Å²) in [4.78, 5) is 57.2. The van der Waals surface area contributed by atoms with Crippen LogP contribution in [0.2, 0.25) is 0 Å². The van der Waals surface area contributed by atoms with Gasteiger partial charge in [-0.3, -0.25) is 19.2 Å². The first kappa shape index (κ1) is 41.8. The SMILES string of the molecule is CN(C)CCCNC(=O)c1cc(NC(=O)c2cc(NC(=O)c3csc(NC=O)n3)cn2[C@H]2O[C@H](CO)[C@@H](O)[C@@H](O)[C@H]2O)cn1[C@H]1O[C@H](CO)[C@@H](O)[C@@H](O)[C@H]1O. The molecule has 0 aromatic carbocycles. The molecule has 3 aromatic heterocycles. The van der Waals surface area contributed by atoms with Crippen LogP contribution in [0.5, 0.6) is 0 Å². The Kier molecular flexibility index (Phi) is 13.7. The van der Waals surface area contributed by atoms with Gasteiger partial charge in [-0.05, 0) is 39.2 Å². The third-order valence-electron chi connectivity index (χ3n) is 8.95. The van der Waals surface area contributed by atoms with E-state index in [4.69, 9.17) is 9.47 Å². The predicted molar refractivity (Wildman–Crippen MR) is 190 cm³/mol. The summed E-state index contributed by atoms with van der Waals surface area (Å²) in [5, 5.41) is 94.7. The molecular weight excluding hydrogens is 752 g/mol. The van der Waals surface area contributed by atoms with Crippen LogP contribution in [0.25, 0.3) is 0 Å². The van der Waals surface area contributed by atoms with Crippen molar-refractivity contribution in [3.8, 4) is 0 Å². The Bertz CT molecular complexity index is 1810. The summed E-state index contributed by atoms with van der Waals surface area (Å²) < 4.78 is 13.5. The van der Waals surface area contributed by atoms with Gasteiger partial charge in [0.05, 0.1) is 24.6 Å². The standard InChI is InChI=1S/C32H44N8O14S/c1-38(2)5-3-4-33-28(51)17-6-15(9-39(17)30-25(48)23(46)21(44)19(10-41)53-30)36-29(52)18-7-14(35-27(50)16-12-55-32(37-16)34-13-43)8-40(18)31-26(49)24(47)22(45)20(11-42)54-31/h6-9,12-13,19-26,30-31,41-42,44-49H,3-5,10-11H2,1-2H3,(H,33,51)(H,35,50)(H,36,52)(H,34,37,43)/t19-,20-,21-,22-,23-,24-,25-,26-,30+,31+/m1/s1. The largest absolute Gasteiger partial charge is 0.394 e. The molecule has 23 heteroatoms. The topological polar surface area (TPSA) is 323 Å². The first-order valence-electron chi connectivity index (χ1n) is 16.9. The number of aliphatic hydroxyl groups excluding tert-OH is 8. The van der Waals surface area contributed by atoms with Crippen molar-refractivity contribution >= 4 is 52.0 Å². The van der Waals surface area contributed by atoms with Crippen molar-refractivity contribution in [1.29, 1.82) is 0 Å². The summed E-state index contributed by atoms with van der Waals surface area (Å²) in [6.07, 6.45) is -13.2. The predicted octanol–water partition coefficient (Wildman–Crippen LogP) is -3.55. The van der Waals surface area contributed by atoms with Crippen molar-refractivity contribution in [2.24, 2.45) is 0 Å². The first-order valence-corrected chi connectivity index (χ1v) is 17.8. The number of aliphatic hydroxyl groups is 8. The zero-order valence-corrected chi connectivity index (χ0v) is 30.3. The van der Waals surface area contributed by atoms with Gasteiger partial charge in [0.15, 0.2) is 17.6 Å². The lowest BCUT2D eigenvalue weighted by Gasteiger charge is -2.41. The number of carbonyl (C=O) groups is 4. The number of thiazole rings is 1. The molecule has 0 unspecified atom stereocenters. The van der Waals surface area contributed by atoms with Gasteiger partial charge in [-0.1, -0.05) is 0 Å². The van der Waals surface area contributed by atoms with E-state index in [1.54, 1.807) is 0 Å². The average Bonchev–Trinajstić information content (AvgIpc) is 3.91. The Labute approximate surface area is 316 Å². The minimum Gasteiger partial charge on any atom is -0.394 e. The minimum atomic E-state index is -1.86. The van der Waals surface area contributed by atoms with Crippen molar-refractivity contribution < 1.29 is 69.5 Å². The third kappa shape index (κ3) is 9.20. The maximum Gasteiger partial charge on any atom is 0.275 e. The van der Waals surface area contributed by atoms with E-state index >= 15 is 0 Å². The molecule has 2 aliphatic heterocycles. The average molecular weight is 797 g/mol. The van der Waals surface area contributed by atoms with Crippen molar-refractivity contribution in [2.75, 3.05) is 56.3 Å². The van der Waals surface area contributed by atoms with Crippen molar-refractivity contribution in [2.45, 2.75) is 67.7 Å². The number of ether oxygens (including phenoxy) is 2. The smallest absolute Gasteiger partial charge is 0.275 e. The molecule has 0 bridgehead atoms. The Morgan fingerprint density at radius 3 is 1.80 bits per heavy atom. The molecule has 5 heterocycles. The molecule has 0 spiro atoms. The van der Waals surface area contributed by atoms with Gasteiger partial charge >= 0.3 is 0 Å². The molecule has 5 rings (SSSR count). The molecule has 22 nitrogen and oxygen atoms in total. The Morgan fingerprint density at radius 2 is 1.31 bits per heavy atom. The highest BCUT2D eigenvalue weighted by molar-refractivity contribution is 7.14. The number of carbonyl (C=O) groups excluding carboxylic acids is 4. The summed E-state index contributed by atoms with van der Waals surface area (Å²) in [6.45, 7) is -0.644. The Morgan fingerprint density at radius 1 is 0.800 bits per heavy atom. The van der Waals surface area contributed by atoms with Crippen LogP contribution in [0.4, 0.5) is 16.5 Å². The number of aromatic nitrogens is 3. The highest BCUT2D eigenvalue weighted by Gasteiger charge is 2.46. The number of hydrogen-bond donors (Lipinski definition) is 12. The molecule has 3 aromatic rings. The molecular formula is C32H44N8O14S. The maximum absolute atomic E-state index is 14.0. The molecule has 2 fully saturated rings. The van der Waals surface area contributed by atoms with E-state index in [9.17, 15) is 60.0 Å². The first-order chi connectivity index (χ1) is 26.2. The van der Waals surface area contributed by atoms with Crippen LogP contribution >= 0.6 is 11.3 Å². The number of nitrogens with one attached hydrogen (secondary N) is 4. The quantitative estimate of drug-likeness (QED) is 0.0523. The van der Waals surface area contributed by atoms with E-state index in [1.807, 2.05) is 19.0 Å². The van der Waals surface area contributed by atoms with Crippen molar-refractivity contribution in [3.05, 3.63) is 47.0 Å². The van der Waals surface area contributed by atoms with E-state index in [0.29, 0.717) is 19.4 Å². The molecule has 0 aliphatic carbocycles. The molecule has 0 saturated carbocycles. The summed E-state index contributed by atoms with van der Waals surface area (Å²) in [5.41, 5.74) is -0.667. The van der Waals surface area contributed by atoms with E-state index in [1.165, 1.54) is 29.9 Å². The van der Waals surface area contributed by atoms with Crippen LogP contribution in [0.15, 0.2) is 29.9 Å². The zero-order chi connectivity index (χ0) is 40.1.